The van der Waals surface area contributed by atoms with Crippen molar-refractivity contribution in [3.05, 3.63) is 23.2 Å². The predicted octanol–water partition coefficient (Wildman–Crippen LogP) is 3.20. The van der Waals surface area contributed by atoms with Crippen molar-refractivity contribution < 1.29 is 19.1 Å². The van der Waals surface area contributed by atoms with Crippen molar-refractivity contribution in [2.24, 2.45) is 0 Å². The summed E-state index contributed by atoms with van der Waals surface area (Å²) in [6.45, 7) is 5.44. The summed E-state index contributed by atoms with van der Waals surface area (Å²) in [7, 11) is 1.35. The molecule has 0 spiro atoms. The first-order valence-corrected chi connectivity index (χ1v) is 7.07. The van der Waals surface area contributed by atoms with E-state index in [0.717, 1.165) is 15.8 Å². The third kappa shape index (κ3) is 3.01. The highest BCUT2D eigenvalue weighted by molar-refractivity contribution is 7.17. The molecule has 0 amide bonds. The van der Waals surface area contributed by atoms with Gasteiger partial charge in [0.25, 0.3) is 0 Å². The lowest BCUT2D eigenvalue weighted by Gasteiger charge is -2.19. The summed E-state index contributed by atoms with van der Waals surface area (Å²) in [5.41, 5.74) is 0.201. The molecular weight excluding hydrogens is 278 g/mol. The van der Waals surface area contributed by atoms with Crippen molar-refractivity contribution in [2.45, 2.75) is 32.8 Å². The van der Waals surface area contributed by atoms with Gasteiger partial charge >= 0.3 is 12.1 Å². The third-order valence-corrected chi connectivity index (χ3v) is 3.56. The van der Waals surface area contributed by atoms with Crippen molar-refractivity contribution in [3.63, 3.8) is 0 Å². The van der Waals surface area contributed by atoms with Gasteiger partial charge in [-0.2, -0.15) is 0 Å². The predicted molar refractivity (Wildman–Crippen MR) is 77.2 cm³/mol. The van der Waals surface area contributed by atoms with E-state index in [2.05, 4.69) is 4.74 Å². The summed E-state index contributed by atoms with van der Waals surface area (Å²) in [6, 6.07) is 1.89. The average molecular weight is 295 g/mol. The molecule has 2 aromatic rings. The molecule has 0 saturated carbocycles. The van der Waals surface area contributed by atoms with Gasteiger partial charge in [0.15, 0.2) is 0 Å². The number of carbonyl (C=O) groups excluding carboxylic acids is 2. The quantitative estimate of drug-likeness (QED) is 0.798. The van der Waals surface area contributed by atoms with E-state index in [9.17, 15) is 9.59 Å². The van der Waals surface area contributed by atoms with Crippen LogP contribution in [0.4, 0.5) is 4.79 Å². The van der Waals surface area contributed by atoms with Crippen LogP contribution in [0.5, 0.6) is 0 Å². The molecule has 0 atom stereocenters. The molecule has 20 heavy (non-hydrogen) atoms. The first-order chi connectivity index (χ1) is 9.31. The average Bonchev–Trinajstić information content (AvgIpc) is 2.90. The van der Waals surface area contributed by atoms with Crippen molar-refractivity contribution >= 4 is 33.6 Å². The minimum absolute atomic E-state index is 0.138. The molecule has 0 aliphatic carbocycles. The summed E-state index contributed by atoms with van der Waals surface area (Å²) >= 11 is 1.43. The van der Waals surface area contributed by atoms with Crippen molar-refractivity contribution in [3.8, 4) is 0 Å². The monoisotopic (exact) mass is 295 g/mol. The number of hydrogen-bond acceptors (Lipinski definition) is 5. The van der Waals surface area contributed by atoms with E-state index in [4.69, 9.17) is 4.74 Å². The molecule has 0 N–H and O–H groups in total. The molecule has 5 nitrogen and oxygen atoms in total. The lowest BCUT2D eigenvalue weighted by molar-refractivity contribution is -0.139. The Hall–Kier alpha value is -1.82. The Kier molecular flexibility index (Phi) is 3.85. The minimum atomic E-state index is -0.562. The van der Waals surface area contributed by atoms with E-state index in [-0.39, 0.29) is 12.4 Å². The van der Waals surface area contributed by atoms with Gasteiger partial charge in [0.05, 0.1) is 13.5 Å². The first kappa shape index (κ1) is 14.6. The fourth-order valence-corrected chi connectivity index (χ4v) is 2.73. The van der Waals surface area contributed by atoms with Crippen molar-refractivity contribution in [2.75, 3.05) is 7.11 Å². The Labute approximate surface area is 121 Å². The Bertz CT molecular complexity index is 648. The zero-order valence-electron chi connectivity index (χ0n) is 11.9. The number of esters is 1. The zero-order chi connectivity index (χ0) is 14.9. The largest absolute Gasteiger partial charge is 0.469 e. The SMILES string of the molecule is COC(=O)Cc1cn(C(=O)OC(C)(C)C)c2sccc12. The molecule has 108 valence electrons. The van der Waals surface area contributed by atoms with Crippen LogP contribution in [0.15, 0.2) is 17.6 Å². The van der Waals surface area contributed by atoms with Crippen LogP contribution in [0.3, 0.4) is 0 Å². The van der Waals surface area contributed by atoms with Crippen LogP contribution in [0, 0.1) is 0 Å². The lowest BCUT2D eigenvalue weighted by Crippen LogP contribution is -2.26. The normalized spacial score (nSPS) is 11.6. The molecule has 6 heteroatoms. The number of hydrogen-bond donors (Lipinski definition) is 0. The summed E-state index contributed by atoms with van der Waals surface area (Å²) < 4.78 is 11.5. The van der Waals surface area contributed by atoms with Crippen molar-refractivity contribution in [1.29, 1.82) is 0 Å². The Morgan fingerprint density at radius 3 is 2.65 bits per heavy atom. The second-order valence-electron chi connectivity index (χ2n) is 5.40. The highest BCUT2D eigenvalue weighted by Gasteiger charge is 2.22. The van der Waals surface area contributed by atoms with Crippen LogP contribution in [0.1, 0.15) is 26.3 Å². The fraction of sp³-hybridized carbons (Fsp3) is 0.429. The van der Waals surface area contributed by atoms with Crippen LogP contribution in [-0.4, -0.2) is 29.3 Å². The summed E-state index contributed by atoms with van der Waals surface area (Å²) in [5, 5.41) is 2.76. The lowest BCUT2D eigenvalue weighted by atomic mass is 10.2. The number of fused-ring (bicyclic) bond motifs is 1. The second kappa shape index (κ2) is 5.28. The Balaban J connectivity index is 2.37. The van der Waals surface area contributed by atoms with E-state index in [1.54, 1.807) is 6.20 Å². The molecule has 0 bridgehead atoms. The number of rotatable bonds is 2. The zero-order valence-corrected chi connectivity index (χ0v) is 12.7. The summed E-state index contributed by atoms with van der Waals surface area (Å²) in [4.78, 5) is 24.4. The highest BCUT2D eigenvalue weighted by atomic mass is 32.1. The molecule has 0 aliphatic rings. The molecule has 2 rings (SSSR count). The number of nitrogens with zero attached hydrogens (tertiary/aromatic N) is 1. The Morgan fingerprint density at radius 2 is 2.05 bits per heavy atom. The molecule has 0 saturated heterocycles. The van der Waals surface area contributed by atoms with Gasteiger partial charge in [-0.05, 0) is 37.8 Å². The van der Waals surface area contributed by atoms with Crippen LogP contribution >= 0.6 is 11.3 Å². The molecular formula is C14H17NO4S. The first-order valence-electron chi connectivity index (χ1n) is 6.19. The summed E-state index contributed by atoms with van der Waals surface area (Å²) in [6.07, 6.45) is 1.34. The third-order valence-electron chi connectivity index (χ3n) is 2.65. The van der Waals surface area contributed by atoms with E-state index in [0.29, 0.717) is 0 Å². The molecule has 0 aliphatic heterocycles. The standard InChI is InChI=1S/C14H17NO4S/c1-14(2,3)19-13(17)15-8-9(7-11(16)18-4)10-5-6-20-12(10)15/h5-6,8H,7H2,1-4H3. The fourth-order valence-electron chi connectivity index (χ4n) is 1.83. The van der Waals surface area contributed by atoms with Gasteiger partial charge in [-0.1, -0.05) is 0 Å². The van der Waals surface area contributed by atoms with E-state index < -0.39 is 11.7 Å². The second-order valence-corrected chi connectivity index (χ2v) is 6.29. The molecule has 2 heterocycles. The molecule has 0 unspecified atom stereocenters. The topological polar surface area (TPSA) is 57.5 Å². The smallest absolute Gasteiger partial charge is 0.419 e. The maximum absolute atomic E-state index is 12.2. The van der Waals surface area contributed by atoms with Gasteiger partial charge in [-0.15, -0.1) is 11.3 Å². The number of aromatic nitrogens is 1. The van der Waals surface area contributed by atoms with Gasteiger partial charge in [0.1, 0.15) is 10.4 Å². The number of methoxy groups -OCH3 is 1. The van der Waals surface area contributed by atoms with E-state index in [1.807, 2.05) is 32.2 Å². The molecule has 2 aromatic heterocycles. The van der Waals surface area contributed by atoms with E-state index >= 15 is 0 Å². The van der Waals surface area contributed by atoms with Gasteiger partial charge in [0.2, 0.25) is 0 Å². The van der Waals surface area contributed by atoms with Gasteiger partial charge in [0, 0.05) is 11.6 Å². The van der Waals surface area contributed by atoms with Crippen LogP contribution in [-0.2, 0) is 20.7 Å². The number of ether oxygens (including phenoxy) is 2. The van der Waals surface area contributed by atoms with Crippen LogP contribution < -0.4 is 0 Å². The van der Waals surface area contributed by atoms with E-state index in [1.165, 1.54) is 23.0 Å². The van der Waals surface area contributed by atoms with Gasteiger partial charge in [-0.3, -0.25) is 4.79 Å². The Morgan fingerprint density at radius 1 is 1.35 bits per heavy atom. The summed E-state index contributed by atoms with van der Waals surface area (Å²) in [5.74, 6) is -0.334. The molecule has 0 radical (unpaired) electrons. The van der Waals surface area contributed by atoms with Gasteiger partial charge in [-0.25, -0.2) is 9.36 Å². The van der Waals surface area contributed by atoms with Crippen LogP contribution in [0.25, 0.3) is 10.2 Å². The maximum Gasteiger partial charge on any atom is 0.419 e. The van der Waals surface area contributed by atoms with Crippen molar-refractivity contribution in [1.82, 2.24) is 4.57 Å². The van der Waals surface area contributed by atoms with Gasteiger partial charge < -0.3 is 9.47 Å². The highest BCUT2D eigenvalue weighted by Crippen LogP contribution is 2.28. The number of carbonyl (C=O) groups is 2. The number of thiophene rings is 1. The molecule has 0 fully saturated rings. The maximum atomic E-state index is 12.2. The minimum Gasteiger partial charge on any atom is -0.469 e. The molecule has 0 aromatic carbocycles. The van der Waals surface area contributed by atoms with Crippen LogP contribution in [0.2, 0.25) is 0 Å².